The number of hydrogen-bond donors (Lipinski definition) is 1. The topological polar surface area (TPSA) is 56.2 Å². The van der Waals surface area contributed by atoms with Crippen molar-refractivity contribution in [1.29, 1.82) is 0 Å². The molecule has 0 aliphatic heterocycles. The molecule has 0 fully saturated rings. The highest BCUT2D eigenvalue weighted by atomic mass is 16.5. The van der Waals surface area contributed by atoms with Gasteiger partial charge >= 0.3 is 0 Å². The molecule has 5 nitrogen and oxygen atoms in total. The average molecular weight is 380 g/mol. The number of aryl methyl sites for hydroxylation is 2. The third kappa shape index (κ3) is 4.91. The van der Waals surface area contributed by atoms with E-state index in [-0.39, 0.29) is 5.91 Å². The first-order valence-corrected chi connectivity index (χ1v) is 10.1. The Morgan fingerprint density at radius 2 is 1.93 bits per heavy atom. The summed E-state index contributed by atoms with van der Waals surface area (Å²) in [6.07, 6.45) is 5.19. The lowest BCUT2D eigenvalue weighted by atomic mass is 10.1. The van der Waals surface area contributed by atoms with Crippen LogP contribution in [0.5, 0.6) is 5.88 Å². The minimum absolute atomic E-state index is 0.0521. The van der Waals surface area contributed by atoms with Crippen LogP contribution >= 0.6 is 0 Å². The molecule has 0 bridgehead atoms. The van der Waals surface area contributed by atoms with Crippen LogP contribution in [-0.2, 0) is 13.0 Å². The highest BCUT2D eigenvalue weighted by Gasteiger charge is 2.14. The fourth-order valence-corrected chi connectivity index (χ4v) is 3.33. The van der Waals surface area contributed by atoms with Gasteiger partial charge in [-0.1, -0.05) is 43.7 Å². The van der Waals surface area contributed by atoms with Crippen molar-refractivity contribution in [2.75, 3.05) is 13.7 Å². The third-order valence-electron chi connectivity index (χ3n) is 4.89. The molecular formula is C23H29N3O2. The van der Waals surface area contributed by atoms with Crippen molar-refractivity contribution in [3.63, 3.8) is 0 Å². The predicted molar refractivity (Wildman–Crippen MR) is 113 cm³/mol. The predicted octanol–water partition coefficient (Wildman–Crippen LogP) is 4.60. The van der Waals surface area contributed by atoms with Gasteiger partial charge in [-0.3, -0.25) is 4.79 Å². The second kappa shape index (κ2) is 9.93. The fraction of sp³-hybridized carbons (Fsp3) is 0.391. The molecule has 0 aliphatic rings. The van der Waals surface area contributed by atoms with Gasteiger partial charge in [0.05, 0.1) is 18.0 Å². The van der Waals surface area contributed by atoms with E-state index >= 15 is 0 Å². The first-order chi connectivity index (χ1) is 13.7. The Morgan fingerprint density at radius 3 is 2.68 bits per heavy atom. The van der Waals surface area contributed by atoms with Crippen LogP contribution in [0.1, 0.15) is 48.5 Å². The Morgan fingerprint density at radius 1 is 1.11 bits per heavy atom. The molecule has 0 saturated heterocycles. The van der Waals surface area contributed by atoms with Gasteiger partial charge < -0.3 is 10.1 Å². The van der Waals surface area contributed by atoms with E-state index in [1.165, 1.54) is 5.56 Å². The summed E-state index contributed by atoms with van der Waals surface area (Å²) < 4.78 is 7.41. The molecule has 1 heterocycles. The summed E-state index contributed by atoms with van der Waals surface area (Å²) in [5.41, 5.74) is 2.77. The Kier molecular flexibility index (Phi) is 7.06. The Bertz CT molecular complexity index is 903. The van der Waals surface area contributed by atoms with E-state index in [0.717, 1.165) is 55.4 Å². The summed E-state index contributed by atoms with van der Waals surface area (Å²) in [5.74, 6) is 0.708. The lowest BCUT2D eigenvalue weighted by molar-refractivity contribution is 0.0953. The highest BCUT2D eigenvalue weighted by Crippen LogP contribution is 2.26. The van der Waals surface area contributed by atoms with E-state index in [1.54, 1.807) is 7.11 Å². The van der Waals surface area contributed by atoms with Gasteiger partial charge in [0.25, 0.3) is 5.91 Å². The molecule has 0 spiro atoms. The number of fused-ring (bicyclic) bond motifs is 1. The maximum absolute atomic E-state index is 12.5. The highest BCUT2D eigenvalue weighted by molar-refractivity contribution is 5.98. The summed E-state index contributed by atoms with van der Waals surface area (Å²) in [4.78, 5) is 12.5. The van der Waals surface area contributed by atoms with Gasteiger partial charge in [-0.05, 0) is 49.4 Å². The number of amides is 1. The first kappa shape index (κ1) is 19.9. The monoisotopic (exact) mass is 379 g/mol. The summed E-state index contributed by atoms with van der Waals surface area (Å²) in [6.45, 7) is 3.65. The van der Waals surface area contributed by atoms with Gasteiger partial charge in [-0.25, -0.2) is 4.68 Å². The molecular weight excluding hydrogens is 350 g/mol. The maximum atomic E-state index is 12.5. The van der Waals surface area contributed by atoms with Crippen LogP contribution in [0.25, 0.3) is 10.9 Å². The van der Waals surface area contributed by atoms with Crippen molar-refractivity contribution >= 4 is 16.8 Å². The Hall–Kier alpha value is -2.82. The van der Waals surface area contributed by atoms with Crippen molar-refractivity contribution in [3.05, 3.63) is 59.7 Å². The van der Waals surface area contributed by atoms with Crippen LogP contribution in [0, 0.1) is 0 Å². The van der Waals surface area contributed by atoms with Gasteiger partial charge in [0.15, 0.2) is 0 Å². The number of carbonyl (C=O) groups excluding carboxylic acids is 1. The molecule has 5 heteroatoms. The standard InChI is InChI=1S/C23H29N3O2/c1-3-4-16-26-23(28-2)20-14-13-19(17-21(20)25-26)22(27)24-15-9-8-12-18-10-6-5-7-11-18/h5-7,10-11,13-14,17H,3-4,8-9,12,15-16H2,1-2H3,(H,24,27). The number of ether oxygens (including phenoxy) is 1. The molecule has 1 N–H and O–H groups in total. The smallest absolute Gasteiger partial charge is 0.251 e. The minimum Gasteiger partial charge on any atom is -0.481 e. The molecule has 28 heavy (non-hydrogen) atoms. The van der Waals surface area contributed by atoms with Crippen LogP contribution in [-0.4, -0.2) is 29.3 Å². The van der Waals surface area contributed by atoms with Crippen molar-refractivity contribution in [2.24, 2.45) is 0 Å². The average Bonchev–Trinajstić information content (AvgIpc) is 3.09. The lowest BCUT2D eigenvalue weighted by Gasteiger charge is -2.06. The molecule has 0 aliphatic carbocycles. The van der Waals surface area contributed by atoms with Crippen molar-refractivity contribution in [3.8, 4) is 5.88 Å². The molecule has 0 radical (unpaired) electrons. The number of methoxy groups -OCH3 is 1. The van der Waals surface area contributed by atoms with Crippen molar-refractivity contribution in [1.82, 2.24) is 15.1 Å². The van der Waals surface area contributed by atoms with Crippen LogP contribution in [0.3, 0.4) is 0 Å². The summed E-state index contributed by atoms with van der Waals surface area (Å²) in [7, 11) is 1.66. The van der Waals surface area contributed by atoms with Crippen LogP contribution in [0.2, 0.25) is 0 Å². The summed E-state index contributed by atoms with van der Waals surface area (Å²) in [6, 6.07) is 16.0. The molecule has 0 saturated carbocycles. The molecule has 0 unspecified atom stereocenters. The molecule has 1 amide bonds. The number of hydrogen-bond acceptors (Lipinski definition) is 3. The zero-order valence-electron chi connectivity index (χ0n) is 16.8. The summed E-state index contributed by atoms with van der Waals surface area (Å²) in [5, 5.41) is 8.58. The number of benzene rings is 2. The van der Waals surface area contributed by atoms with E-state index < -0.39 is 0 Å². The molecule has 148 valence electrons. The third-order valence-corrected chi connectivity index (χ3v) is 4.89. The van der Waals surface area contributed by atoms with Crippen LogP contribution in [0.4, 0.5) is 0 Å². The summed E-state index contributed by atoms with van der Waals surface area (Å²) >= 11 is 0. The molecule has 1 aromatic heterocycles. The maximum Gasteiger partial charge on any atom is 0.251 e. The van der Waals surface area contributed by atoms with Gasteiger partial charge in [-0.2, -0.15) is 5.10 Å². The van der Waals surface area contributed by atoms with Crippen LogP contribution in [0.15, 0.2) is 48.5 Å². The Balaban J connectivity index is 1.56. The number of aromatic nitrogens is 2. The van der Waals surface area contributed by atoms with Crippen molar-refractivity contribution in [2.45, 2.75) is 45.6 Å². The lowest BCUT2D eigenvalue weighted by Crippen LogP contribution is -2.24. The fourth-order valence-electron chi connectivity index (χ4n) is 3.33. The second-order valence-electron chi connectivity index (χ2n) is 7.02. The first-order valence-electron chi connectivity index (χ1n) is 10.1. The van der Waals surface area contributed by atoms with E-state index in [0.29, 0.717) is 12.1 Å². The van der Waals surface area contributed by atoms with Crippen molar-refractivity contribution < 1.29 is 9.53 Å². The molecule has 3 rings (SSSR count). The molecule has 2 aromatic carbocycles. The largest absolute Gasteiger partial charge is 0.481 e. The van der Waals surface area contributed by atoms with Gasteiger partial charge in [0.2, 0.25) is 5.88 Å². The number of rotatable bonds is 10. The van der Waals surface area contributed by atoms with E-state index in [4.69, 9.17) is 4.74 Å². The number of nitrogens with zero attached hydrogens (tertiary/aromatic N) is 2. The Labute approximate surface area is 166 Å². The van der Waals surface area contributed by atoms with Gasteiger partial charge in [0, 0.05) is 18.7 Å². The number of carbonyl (C=O) groups is 1. The normalized spacial score (nSPS) is 10.9. The quantitative estimate of drug-likeness (QED) is 0.524. The van der Waals surface area contributed by atoms with E-state index in [2.05, 4.69) is 41.6 Å². The van der Waals surface area contributed by atoms with Gasteiger partial charge in [0.1, 0.15) is 0 Å². The van der Waals surface area contributed by atoms with E-state index in [9.17, 15) is 4.79 Å². The van der Waals surface area contributed by atoms with E-state index in [1.807, 2.05) is 28.9 Å². The van der Waals surface area contributed by atoms with Gasteiger partial charge in [-0.15, -0.1) is 0 Å². The zero-order valence-corrected chi connectivity index (χ0v) is 16.8. The number of nitrogens with one attached hydrogen (secondary N) is 1. The molecule has 3 aromatic rings. The SMILES string of the molecule is CCCCn1nc2cc(C(=O)NCCCCc3ccccc3)ccc2c1OC. The number of unbranched alkanes of at least 4 members (excludes halogenated alkanes) is 2. The zero-order chi connectivity index (χ0) is 19.8. The molecule has 0 atom stereocenters. The minimum atomic E-state index is -0.0521. The van der Waals surface area contributed by atoms with Crippen LogP contribution < -0.4 is 10.1 Å². The second-order valence-corrected chi connectivity index (χ2v) is 7.02.